The highest BCUT2D eigenvalue weighted by Gasteiger charge is 2.49. The van der Waals surface area contributed by atoms with Crippen molar-refractivity contribution in [1.82, 2.24) is 15.5 Å². The normalized spacial score (nSPS) is 31.5. The predicted molar refractivity (Wildman–Crippen MR) is 68.8 cm³/mol. The molecule has 2 aliphatic rings. The third-order valence-corrected chi connectivity index (χ3v) is 4.50. The molecule has 2 N–H and O–H groups in total. The molecule has 98 valence electrons. The van der Waals surface area contributed by atoms with Crippen molar-refractivity contribution in [3.05, 3.63) is 0 Å². The minimum atomic E-state index is 0.179. The summed E-state index contributed by atoms with van der Waals surface area (Å²) in [5.74, 6) is 1.70. The molecule has 17 heavy (non-hydrogen) atoms. The Balaban J connectivity index is 1.88. The van der Waals surface area contributed by atoms with Crippen molar-refractivity contribution in [2.24, 2.45) is 11.8 Å². The number of hydrogen-bond donors (Lipinski definition) is 2. The number of fused-ring (bicyclic) bond motifs is 1. The van der Waals surface area contributed by atoms with Gasteiger partial charge in [0.2, 0.25) is 5.91 Å². The molecular formula is C13H25N3O. The first-order valence-electron chi connectivity index (χ1n) is 6.78. The Morgan fingerprint density at radius 2 is 2.24 bits per heavy atom. The molecule has 0 aliphatic carbocycles. The van der Waals surface area contributed by atoms with Crippen molar-refractivity contribution in [3.8, 4) is 0 Å². The fourth-order valence-electron chi connectivity index (χ4n) is 3.41. The number of carbonyl (C=O) groups excluding carboxylic acids is 1. The Morgan fingerprint density at radius 1 is 1.47 bits per heavy atom. The van der Waals surface area contributed by atoms with E-state index in [2.05, 4.69) is 29.4 Å². The second-order valence-corrected chi connectivity index (χ2v) is 5.83. The lowest BCUT2D eigenvalue weighted by Gasteiger charge is -2.35. The Bertz CT molecular complexity index is 290. The van der Waals surface area contributed by atoms with Gasteiger partial charge < -0.3 is 10.6 Å². The summed E-state index contributed by atoms with van der Waals surface area (Å²) in [4.78, 5) is 14.0. The summed E-state index contributed by atoms with van der Waals surface area (Å²) in [5, 5.41) is 6.35. The molecule has 0 aromatic rings. The number of rotatable bonds is 4. The number of nitrogens with one attached hydrogen (secondary N) is 2. The molecule has 2 rings (SSSR count). The fourth-order valence-corrected chi connectivity index (χ4v) is 3.41. The monoisotopic (exact) mass is 239 g/mol. The van der Waals surface area contributed by atoms with Crippen molar-refractivity contribution < 1.29 is 4.79 Å². The van der Waals surface area contributed by atoms with Crippen molar-refractivity contribution in [3.63, 3.8) is 0 Å². The van der Waals surface area contributed by atoms with Crippen LogP contribution < -0.4 is 10.6 Å². The summed E-state index contributed by atoms with van der Waals surface area (Å²) in [5.41, 5.74) is 0.237. The highest BCUT2D eigenvalue weighted by Crippen LogP contribution is 2.40. The largest absolute Gasteiger partial charge is 0.356 e. The molecule has 0 spiro atoms. The van der Waals surface area contributed by atoms with Gasteiger partial charge in [0.1, 0.15) is 0 Å². The number of nitrogens with zero attached hydrogens (tertiary/aromatic N) is 1. The summed E-state index contributed by atoms with van der Waals surface area (Å²) >= 11 is 0. The average Bonchev–Trinajstić information content (AvgIpc) is 2.79. The number of carbonyl (C=O) groups is 1. The third-order valence-electron chi connectivity index (χ3n) is 4.50. The molecule has 0 radical (unpaired) electrons. The Hall–Kier alpha value is -0.610. The molecule has 2 atom stereocenters. The standard InChI is InChI=1S/C13H25N3O/c1-4-15-12(17)5-6-16-9-10-7-14-8-11(10)13(16,2)3/h10-11,14H,4-9H2,1-3H3,(H,15,17). The van der Waals surface area contributed by atoms with E-state index in [1.165, 1.54) is 0 Å². The van der Waals surface area contributed by atoms with Gasteiger partial charge in [-0.2, -0.15) is 0 Å². The van der Waals surface area contributed by atoms with Gasteiger partial charge in [-0.1, -0.05) is 0 Å². The minimum absolute atomic E-state index is 0.179. The van der Waals surface area contributed by atoms with Gasteiger partial charge in [-0.25, -0.2) is 0 Å². The number of likely N-dealkylation sites (tertiary alicyclic amines) is 1. The van der Waals surface area contributed by atoms with Gasteiger partial charge in [0.15, 0.2) is 0 Å². The van der Waals surface area contributed by atoms with Crippen LogP contribution in [0.25, 0.3) is 0 Å². The third kappa shape index (κ3) is 2.47. The summed E-state index contributed by atoms with van der Waals surface area (Å²) in [6.07, 6.45) is 0.629. The lowest BCUT2D eigenvalue weighted by molar-refractivity contribution is -0.121. The highest BCUT2D eigenvalue weighted by molar-refractivity contribution is 5.75. The first kappa shape index (κ1) is 12.8. The molecule has 2 fully saturated rings. The van der Waals surface area contributed by atoms with Crippen molar-refractivity contribution in [1.29, 1.82) is 0 Å². The molecule has 0 aromatic heterocycles. The highest BCUT2D eigenvalue weighted by atomic mass is 16.1. The summed E-state index contributed by atoms with van der Waals surface area (Å²) < 4.78 is 0. The summed E-state index contributed by atoms with van der Waals surface area (Å²) in [6.45, 7) is 11.7. The zero-order valence-electron chi connectivity index (χ0n) is 11.3. The predicted octanol–water partition coefficient (Wildman–Crippen LogP) is 0.442. The van der Waals surface area contributed by atoms with Gasteiger partial charge in [0.05, 0.1) is 0 Å². The Kier molecular flexibility index (Phi) is 3.73. The molecule has 4 nitrogen and oxygen atoms in total. The van der Waals surface area contributed by atoms with E-state index in [4.69, 9.17) is 0 Å². The smallest absolute Gasteiger partial charge is 0.221 e. The van der Waals surface area contributed by atoms with Gasteiger partial charge in [-0.05, 0) is 39.2 Å². The van der Waals surface area contributed by atoms with Crippen molar-refractivity contribution >= 4 is 5.91 Å². The van der Waals surface area contributed by atoms with E-state index in [-0.39, 0.29) is 11.4 Å². The van der Waals surface area contributed by atoms with Crippen molar-refractivity contribution in [2.45, 2.75) is 32.7 Å². The Morgan fingerprint density at radius 3 is 2.88 bits per heavy atom. The maximum Gasteiger partial charge on any atom is 0.221 e. The molecule has 2 saturated heterocycles. The average molecular weight is 239 g/mol. The van der Waals surface area contributed by atoms with Crippen LogP contribution in [0.2, 0.25) is 0 Å². The molecule has 2 heterocycles. The molecule has 4 heteroatoms. The molecule has 2 aliphatic heterocycles. The fraction of sp³-hybridized carbons (Fsp3) is 0.923. The molecule has 0 saturated carbocycles. The van der Waals surface area contributed by atoms with Crippen LogP contribution in [0.4, 0.5) is 0 Å². The van der Waals surface area contributed by atoms with E-state index < -0.39 is 0 Å². The molecule has 0 bridgehead atoms. The SMILES string of the molecule is CCNC(=O)CCN1CC2CNCC2C1(C)C. The zero-order valence-corrected chi connectivity index (χ0v) is 11.3. The van der Waals surface area contributed by atoms with E-state index in [9.17, 15) is 4.79 Å². The van der Waals surface area contributed by atoms with Gasteiger partial charge in [0.25, 0.3) is 0 Å². The van der Waals surface area contributed by atoms with Gasteiger partial charge in [-0.3, -0.25) is 9.69 Å². The maximum absolute atomic E-state index is 11.5. The topological polar surface area (TPSA) is 44.4 Å². The first-order valence-corrected chi connectivity index (χ1v) is 6.78. The van der Waals surface area contributed by atoms with Crippen LogP contribution in [-0.4, -0.2) is 49.1 Å². The minimum Gasteiger partial charge on any atom is -0.356 e. The van der Waals surface area contributed by atoms with E-state index in [1.54, 1.807) is 0 Å². The van der Waals surface area contributed by atoms with Gasteiger partial charge in [-0.15, -0.1) is 0 Å². The van der Waals surface area contributed by atoms with Gasteiger partial charge >= 0.3 is 0 Å². The first-order chi connectivity index (χ1) is 8.05. The van der Waals surface area contributed by atoms with Crippen LogP contribution in [0.1, 0.15) is 27.2 Å². The molecule has 0 aromatic carbocycles. The second kappa shape index (κ2) is 4.94. The number of amides is 1. The maximum atomic E-state index is 11.5. The van der Waals surface area contributed by atoms with Crippen LogP contribution in [-0.2, 0) is 4.79 Å². The van der Waals surface area contributed by atoms with Crippen molar-refractivity contribution in [2.75, 3.05) is 32.7 Å². The lowest BCUT2D eigenvalue weighted by Crippen LogP contribution is -2.45. The second-order valence-electron chi connectivity index (χ2n) is 5.83. The molecular weight excluding hydrogens is 214 g/mol. The van der Waals surface area contributed by atoms with Gasteiger partial charge in [0, 0.05) is 38.1 Å². The van der Waals surface area contributed by atoms with E-state index in [0.717, 1.165) is 44.6 Å². The molecule has 2 unspecified atom stereocenters. The molecule has 1 amide bonds. The van der Waals surface area contributed by atoms with Crippen LogP contribution >= 0.6 is 0 Å². The van der Waals surface area contributed by atoms with Crippen LogP contribution in [0, 0.1) is 11.8 Å². The summed E-state index contributed by atoms with van der Waals surface area (Å²) in [7, 11) is 0. The Labute approximate surface area is 104 Å². The van der Waals surface area contributed by atoms with E-state index in [0.29, 0.717) is 6.42 Å². The van der Waals surface area contributed by atoms with Crippen LogP contribution in [0.5, 0.6) is 0 Å². The number of hydrogen-bond acceptors (Lipinski definition) is 3. The zero-order chi connectivity index (χ0) is 12.5. The van der Waals surface area contributed by atoms with Crippen LogP contribution in [0.3, 0.4) is 0 Å². The van der Waals surface area contributed by atoms with E-state index >= 15 is 0 Å². The van der Waals surface area contributed by atoms with E-state index in [1.807, 2.05) is 6.92 Å². The summed E-state index contributed by atoms with van der Waals surface area (Å²) in [6, 6.07) is 0. The van der Waals surface area contributed by atoms with Crippen LogP contribution in [0.15, 0.2) is 0 Å². The quantitative estimate of drug-likeness (QED) is 0.748. The lowest BCUT2D eigenvalue weighted by atomic mass is 9.85.